The summed E-state index contributed by atoms with van der Waals surface area (Å²) in [5, 5.41) is 0. The van der Waals surface area contributed by atoms with Crippen molar-refractivity contribution in [3.63, 3.8) is 0 Å². The fourth-order valence-corrected chi connectivity index (χ4v) is 0.410. The van der Waals surface area contributed by atoms with E-state index < -0.39 is 11.9 Å². The van der Waals surface area contributed by atoms with Crippen molar-refractivity contribution < 1.29 is 9.59 Å². The van der Waals surface area contributed by atoms with E-state index in [-0.39, 0.29) is 12.2 Å². The molecule has 1 amide bonds. The van der Waals surface area contributed by atoms with Crippen molar-refractivity contribution in [3.05, 3.63) is 0 Å². The average Bonchev–Trinajstić information content (AvgIpc) is 1.63. The Hall–Kier alpha value is -0.900. The minimum atomic E-state index is -0.817. The summed E-state index contributed by atoms with van der Waals surface area (Å²) in [5.41, 5.74) is 9.89. The molecule has 0 aromatic heterocycles. The molecule has 9 heavy (non-hydrogen) atoms. The molecule has 4 nitrogen and oxygen atoms in total. The fraction of sp³-hybridized carbons (Fsp3) is 0.600. The van der Waals surface area contributed by atoms with Gasteiger partial charge in [0.25, 0.3) is 0 Å². The number of hydrogen-bond acceptors (Lipinski definition) is 3. The zero-order valence-corrected chi connectivity index (χ0v) is 5.26. The lowest BCUT2D eigenvalue weighted by atomic mass is 10.1. The predicted octanol–water partition coefficient (Wildman–Crippen LogP) is -1.22. The van der Waals surface area contributed by atoms with Gasteiger partial charge in [0, 0.05) is 6.42 Å². The first-order valence-corrected chi connectivity index (χ1v) is 2.58. The molecule has 0 spiro atoms. The van der Waals surface area contributed by atoms with Crippen LogP contribution >= 0.6 is 0 Å². The van der Waals surface area contributed by atoms with E-state index in [1.807, 2.05) is 0 Å². The summed E-state index contributed by atoms with van der Waals surface area (Å²) in [6.07, 6.45) is 0.0370. The zero-order chi connectivity index (χ0) is 7.44. The van der Waals surface area contributed by atoms with Crippen LogP contribution in [-0.2, 0) is 9.59 Å². The van der Waals surface area contributed by atoms with Crippen molar-refractivity contribution in [2.75, 3.05) is 0 Å². The summed E-state index contributed by atoms with van der Waals surface area (Å²) in [4.78, 5) is 20.5. The lowest BCUT2D eigenvalue weighted by Gasteiger charge is -2.01. The molecule has 0 unspecified atom stereocenters. The molecular formula is C5H10N2O2. The fourth-order valence-electron chi connectivity index (χ4n) is 0.410. The van der Waals surface area contributed by atoms with E-state index in [1.54, 1.807) is 0 Å². The molecule has 0 rings (SSSR count). The Balaban J connectivity index is 3.63. The van der Waals surface area contributed by atoms with E-state index >= 15 is 0 Å². The van der Waals surface area contributed by atoms with Crippen molar-refractivity contribution in [1.29, 1.82) is 0 Å². The van der Waals surface area contributed by atoms with Crippen LogP contribution < -0.4 is 11.5 Å². The molecule has 52 valence electrons. The number of hydrogen-bond donors (Lipinski definition) is 2. The minimum absolute atomic E-state index is 0.0370. The Labute approximate surface area is 53.2 Å². The van der Waals surface area contributed by atoms with Crippen LogP contribution in [0.2, 0.25) is 0 Å². The molecule has 1 atom stereocenters. The number of carbonyl (C=O) groups excluding carboxylic acids is 2. The minimum Gasteiger partial charge on any atom is -0.368 e. The second-order valence-electron chi connectivity index (χ2n) is 1.92. The number of ketones is 1. The van der Waals surface area contributed by atoms with Gasteiger partial charge in [-0.15, -0.1) is 0 Å². The smallest absolute Gasteiger partial charge is 0.234 e. The van der Waals surface area contributed by atoms with Gasteiger partial charge in [0.2, 0.25) is 5.91 Å². The lowest BCUT2D eigenvalue weighted by molar-refractivity contribution is -0.123. The van der Waals surface area contributed by atoms with Crippen molar-refractivity contribution in [3.8, 4) is 0 Å². The quantitative estimate of drug-likeness (QED) is 0.502. The second-order valence-corrected chi connectivity index (χ2v) is 1.92. The van der Waals surface area contributed by atoms with Crippen LogP contribution in [-0.4, -0.2) is 17.7 Å². The third kappa shape index (κ3) is 3.66. The second kappa shape index (κ2) is 3.19. The highest BCUT2D eigenvalue weighted by molar-refractivity contribution is 5.86. The Kier molecular flexibility index (Phi) is 2.87. The molecule has 0 aromatic carbocycles. The third-order valence-electron chi connectivity index (χ3n) is 0.873. The van der Waals surface area contributed by atoms with Crippen molar-refractivity contribution in [2.24, 2.45) is 11.5 Å². The molecule has 0 heterocycles. The number of rotatable bonds is 3. The van der Waals surface area contributed by atoms with E-state index in [0.29, 0.717) is 0 Å². The van der Waals surface area contributed by atoms with Gasteiger partial charge in [-0.3, -0.25) is 9.59 Å². The van der Waals surface area contributed by atoms with Gasteiger partial charge in [-0.05, 0) is 6.92 Å². The van der Waals surface area contributed by atoms with E-state index in [2.05, 4.69) is 0 Å². The highest BCUT2D eigenvalue weighted by atomic mass is 16.1. The summed E-state index contributed by atoms with van der Waals surface area (Å²) < 4.78 is 0. The first kappa shape index (κ1) is 8.10. The first-order valence-electron chi connectivity index (χ1n) is 2.58. The number of carbonyl (C=O) groups is 2. The van der Waals surface area contributed by atoms with Crippen molar-refractivity contribution >= 4 is 11.7 Å². The molecule has 0 aliphatic carbocycles. The number of Topliss-reactive ketones (excluding diaryl/α,β-unsaturated/α-hetero) is 1. The van der Waals surface area contributed by atoms with Gasteiger partial charge in [0.1, 0.15) is 5.78 Å². The molecule has 0 aliphatic rings. The van der Waals surface area contributed by atoms with Crippen LogP contribution in [0.4, 0.5) is 0 Å². The maximum absolute atomic E-state index is 10.3. The van der Waals surface area contributed by atoms with Crippen LogP contribution in [0.1, 0.15) is 13.3 Å². The summed E-state index contributed by atoms with van der Waals surface area (Å²) in [5.74, 6) is -0.758. The van der Waals surface area contributed by atoms with Crippen LogP contribution in [0, 0.1) is 0 Å². The van der Waals surface area contributed by atoms with E-state index in [4.69, 9.17) is 11.5 Å². The molecule has 0 radical (unpaired) electrons. The molecule has 0 saturated carbocycles. The highest BCUT2D eigenvalue weighted by Crippen LogP contribution is 1.86. The largest absolute Gasteiger partial charge is 0.368 e. The Bertz CT molecular complexity index is 133. The third-order valence-corrected chi connectivity index (χ3v) is 0.873. The molecule has 4 heteroatoms. The van der Waals surface area contributed by atoms with Crippen LogP contribution in [0.25, 0.3) is 0 Å². The molecule has 0 bridgehead atoms. The van der Waals surface area contributed by atoms with E-state index in [9.17, 15) is 9.59 Å². The highest BCUT2D eigenvalue weighted by Gasteiger charge is 2.10. The first-order chi connectivity index (χ1) is 4.04. The molecule has 0 saturated heterocycles. The Morgan fingerprint density at radius 3 is 2.11 bits per heavy atom. The summed E-state index contributed by atoms with van der Waals surface area (Å²) >= 11 is 0. The molecular weight excluding hydrogens is 120 g/mol. The summed E-state index contributed by atoms with van der Waals surface area (Å²) in [6, 6.07) is -0.817. The van der Waals surface area contributed by atoms with Gasteiger partial charge in [0.15, 0.2) is 0 Å². The SMILES string of the molecule is CC(=O)C[C@H](N)C(N)=O. The van der Waals surface area contributed by atoms with Crippen LogP contribution in [0.15, 0.2) is 0 Å². The molecule has 0 fully saturated rings. The van der Waals surface area contributed by atoms with Gasteiger partial charge in [-0.1, -0.05) is 0 Å². The van der Waals surface area contributed by atoms with Gasteiger partial charge in [-0.2, -0.15) is 0 Å². The molecule has 0 aromatic rings. The number of primary amides is 1. The monoisotopic (exact) mass is 130 g/mol. The predicted molar refractivity (Wildman–Crippen MR) is 32.5 cm³/mol. The average molecular weight is 130 g/mol. The molecule has 4 N–H and O–H groups in total. The van der Waals surface area contributed by atoms with Gasteiger partial charge in [-0.25, -0.2) is 0 Å². The number of amides is 1. The maximum atomic E-state index is 10.3. The summed E-state index contributed by atoms with van der Waals surface area (Å²) in [7, 11) is 0. The van der Waals surface area contributed by atoms with E-state index in [0.717, 1.165) is 0 Å². The normalized spacial score (nSPS) is 12.7. The zero-order valence-electron chi connectivity index (χ0n) is 5.26. The topological polar surface area (TPSA) is 86.2 Å². The van der Waals surface area contributed by atoms with Crippen molar-refractivity contribution in [2.45, 2.75) is 19.4 Å². The Morgan fingerprint density at radius 1 is 1.56 bits per heavy atom. The van der Waals surface area contributed by atoms with Crippen LogP contribution in [0.5, 0.6) is 0 Å². The maximum Gasteiger partial charge on any atom is 0.234 e. The van der Waals surface area contributed by atoms with Gasteiger partial charge in [0.05, 0.1) is 6.04 Å². The Morgan fingerprint density at radius 2 is 2.00 bits per heavy atom. The van der Waals surface area contributed by atoms with Crippen molar-refractivity contribution in [1.82, 2.24) is 0 Å². The van der Waals surface area contributed by atoms with E-state index in [1.165, 1.54) is 6.92 Å². The molecule has 0 aliphatic heterocycles. The lowest BCUT2D eigenvalue weighted by Crippen LogP contribution is -2.37. The van der Waals surface area contributed by atoms with Gasteiger partial charge >= 0.3 is 0 Å². The number of nitrogens with two attached hydrogens (primary N) is 2. The summed E-state index contributed by atoms with van der Waals surface area (Å²) in [6.45, 7) is 1.36. The standard InChI is InChI=1S/C5H10N2O2/c1-3(8)2-4(6)5(7)9/h4H,2,6H2,1H3,(H2,7,9)/t4-/m0/s1. The van der Waals surface area contributed by atoms with Gasteiger partial charge < -0.3 is 11.5 Å². The van der Waals surface area contributed by atoms with Crippen LogP contribution in [0.3, 0.4) is 0 Å².